The number of ether oxygens (including phenoxy) is 1. The van der Waals surface area contributed by atoms with Gasteiger partial charge in [-0.15, -0.1) is 0 Å². The molecule has 1 aliphatic heterocycles. The van der Waals surface area contributed by atoms with Crippen LogP contribution in [-0.4, -0.2) is 36.5 Å². The minimum absolute atomic E-state index is 0.190. The van der Waals surface area contributed by atoms with Crippen LogP contribution in [0.5, 0.6) is 0 Å². The van der Waals surface area contributed by atoms with Crippen molar-refractivity contribution in [1.29, 1.82) is 0 Å². The fourth-order valence-electron chi connectivity index (χ4n) is 1.71. The Morgan fingerprint density at radius 1 is 1.35 bits per heavy atom. The molecule has 0 saturated carbocycles. The highest BCUT2D eigenvalue weighted by molar-refractivity contribution is 5.52. The van der Waals surface area contributed by atoms with Crippen LogP contribution >= 0.6 is 0 Å². The molecule has 0 spiro atoms. The summed E-state index contributed by atoms with van der Waals surface area (Å²) in [6.45, 7) is 1.30. The van der Waals surface area contributed by atoms with E-state index >= 15 is 0 Å². The van der Waals surface area contributed by atoms with Crippen molar-refractivity contribution in [2.24, 2.45) is 0 Å². The van der Waals surface area contributed by atoms with Gasteiger partial charge in [0.2, 0.25) is 0 Å². The van der Waals surface area contributed by atoms with Crippen LogP contribution in [0.25, 0.3) is 0 Å². The molecule has 17 heavy (non-hydrogen) atoms. The van der Waals surface area contributed by atoms with Gasteiger partial charge in [0.1, 0.15) is 5.56 Å². The van der Waals surface area contributed by atoms with Crippen LogP contribution in [0.2, 0.25) is 0 Å². The maximum absolute atomic E-state index is 12.8. The van der Waals surface area contributed by atoms with Gasteiger partial charge in [-0.1, -0.05) is 0 Å². The Morgan fingerprint density at radius 3 is 2.59 bits per heavy atom. The third-order valence-electron chi connectivity index (χ3n) is 2.47. The van der Waals surface area contributed by atoms with Crippen LogP contribution in [0, 0.1) is 0 Å². The molecule has 1 N–H and O–H groups in total. The Hall–Kier alpha value is -1.57. The van der Waals surface area contributed by atoms with Gasteiger partial charge in [0.25, 0.3) is 5.56 Å². The average Bonchev–Trinajstić information content (AvgIpc) is 2.28. The lowest BCUT2D eigenvalue weighted by Crippen LogP contribution is -2.39. The largest absolute Gasteiger partial charge is 0.423 e. The second-order valence-corrected chi connectivity index (χ2v) is 3.56. The van der Waals surface area contributed by atoms with Gasteiger partial charge in [-0.05, 0) is 0 Å². The molecule has 0 bridgehead atoms. The van der Waals surface area contributed by atoms with Gasteiger partial charge in [0.15, 0.2) is 0 Å². The molecule has 0 radical (unpaired) electrons. The fourth-order valence-corrected chi connectivity index (χ4v) is 1.71. The van der Waals surface area contributed by atoms with Crippen molar-refractivity contribution in [3.63, 3.8) is 0 Å². The van der Waals surface area contributed by atoms with Gasteiger partial charge < -0.3 is 9.64 Å². The van der Waals surface area contributed by atoms with Crippen molar-refractivity contribution in [3.8, 4) is 0 Å². The topological polar surface area (TPSA) is 58.2 Å². The van der Waals surface area contributed by atoms with Crippen molar-refractivity contribution < 1.29 is 17.9 Å². The molecule has 1 aromatic heterocycles. The molecule has 0 aromatic carbocycles. The summed E-state index contributed by atoms with van der Waals surface area (Å²) >= 11 is 0. The molecule has 1 fully saturated rings. The van der Waals surface area contributed by atoms with Crippen molar-refractivity contribution in [2.45, 2.75) is 6.18 Å². The van der Waals surface area contributed by atoms with E-state index in [0.717, 1.165) is 6.20 Å². The van der Waals surface area contributed by atoms with E-state index in [1.54, 1.807) is 5.10 Å². The van der Waals surface area contributed by atoms with Crippen LogP contribution in [0.3, 0.4) is 0 Å². The second kappa shape index (κ2) is 4.36. The quantitative estimate of drug-likeness (QED) is 0.793. The summed E-state index contributed by atoms with van der Waals surface area (Å²) < 4.78 is 43.3. The van der Waals surface area contributed by atoms with Crippen LogP contribution < -0.4 is 10.5 Å². The van der Waals surface area contributed by atoms with Crippen molar-refractivity contribution in [2.75, 3.05) is 31.2 Å². The van der Waals surface area contributed by atoms with Crippen LogP contribution in [0.4, 0.5) is 18.9 Å². The number of hydrogen-bond donors (Lipinski definition) is 1. The first kappa shape index (κ1) is 11.9. The SMILES string of the molecule is O=c1[nH]ncc(N2CCOCC2)c1C(F)(F)F. The molecule has 1 saturated heterocycles. The zero-order valence-corrected chi connectivity index (χ0v) is 8.75. The lowest BCUT2D eigenvalue weighted by Gasteiger charge is -2.29. The first-order valence-electron chi connectivity index (χ1n) is 4.97. The normalized spacial score (nSPS) is 17.2. The Morgan fingerprint density at radius 2 is 2.00 bits per heavy atom. The first-order valence-corrected chi connectivity index (χ1v) is 4.97. The van der Waals surface area contributed by atoms with E-state index in [4.69, 9.17) is 4.74 Å². The van der Waals surface area contributed by atoms with Gasteiger partial charge in [-0.3, -0.25) is 4.79 Å². The van der Waals surface area contributed by atoms with E-state index in [1.165, 1.54) is 4.90 Å². The van der Waals surface area contributed by atoms with Gasteiger partial charge in [0, 0.05) is 13.1 Å². The molecule has 2 rings (SSSR count). The highest BCUT2D eigenvalue weighted by Gasteiger charge is 2.38. The van der Waals surface area contributed by atoms with Gasteiger partial charge in [-0.25, -0.2) is 5.10 Å². The molecule has 0 amide bonds. The Bertz CT molecular complexity index is 452. The molecule has 5 nitrogen and oxygen atoms in total. The Kier molecular flexibility index (Phi) is 3.05. The summed E-state index contributed by atoms with van der Waals surface area (Å²) in [5, 5.41) is 5.22. The molecular weight excluding hydrogens is 239 g/mol. The molecule has 94 valence electrons. The summed E-state index contributed by atoms with van der Waals surface area (Å²) in [5.41, 5.74) is -2.61. The summed E-state index contributed by atoms with van der Waals surface area (Å²) in [5.74, 6) is 0. The summed E-state index contributed by atoms with van der Waals surface area (Å²) in [6.07, 6.45) is -3.67. The molecule has 0 unspecified atom stereocenters. The van der Waals surface area contributed by atoms with Crippen LogP contribution in [0.1, 0.15) is 5.56 Å². The molecule has 0 aliphatic carbocycles. The van der Waals surface area contributed by atoms with Gasteiger partial charge >= 0.3 is 6.18 Å². The second-order valence-electron chi connectivity index (χ2n) is 3.56. The number of aromatic nitrogens is 2. The molecular formula is C9H10F3N3O2. The number of alkyl halides is 3. The van der Waals surface area contributed by atoms with Crippen molar-refractivity contribution in [3.05, 3.63) is 22.1 Å². The van der Waals surface area contributed by atoms with Crippen LogP contribution in [-0.2, 0) is 10.9 Å². The predicted octanol–water partition coefficient (Wildman–Crippen LogP) is 0.625. The maximum atomic E-state index is 12.8. The number of anilines is 1. The predicted molar refractivity (Wildman–Crippen MR) is 52.9 cm³/mol. The van der Waals surface area contributed by atoms with Crippen molar-refractivity contribution >= 4 is 5.69 Å². The van der Waals surface area contributed by atoms with Gasteiger partial charge in [-0.2, -0.15) is 18.3 Å². The zero-order valence-electron chi connectivity index (χ0n) is 8.75. The Balaban J connectivity index is 2.46. The zero-order chi connectivity index (χ0) is 12.5. The van der Waals surface area contributed by atoms with E-state index < -0.39 is 17.3 Å². The Labute approximate surface area is 94.2 Å². The third kappa shape index (κ3) is 2.41. The average molecular weight is 249 g/mol. The summed E-state index contributed by atoms with van der Waals surface area (Å²) in [7, 11) is 0. The number of halogens is 3. The van der Waals surface area contributed by atoms with Gasteiger partial charge in [0.05, 0.1) is 25.1 Å². The van der Waals surface area contributed by atoms with Crippen molar-refractivity contribution in [1.82, 2.24) is 10.2 Å². The highest BCUT2D eigenvalue weighted by atomic mass is 19.4. The molecule has 1 aromatic rings. The number of hydrogen-bond acceptors (Lipinski definition) is 4. The monoisotopic (exact) mass is 249 g/mol. The van der Waals surface area contributed by atoms with E-state index in [2.05, 4.69) is 5.10 Å². The number of nitrogens with one attached hydrogen (secondary N) is 1. The molecule has 2 heterocycles. The molecule has 1 aliphatic rings. The number of morpholine rings is 1. The fraction of sp³-hybridized carbons (Fsp3) is 0.556. The number of rotatable bonds is 1. The maximum Gasteiger partial charge on any atom is 0.423 e. The minimum Gasteiger partial charge on any atom is -0.378 e. The number of H-pyrrole nitrogens is 1. The number of nitrogens with zero attached hydrogens (tertiary/aromatic N) is 2. The molecule has 8 heteroatoms. The highest BCUT2D eigenvalue weighted by Crippen LogP contribution is 2.33. The third-order valence-corrected chi connectivity index (χ3v) is 2.47. The standard InChI is InChI=1S/C9H10F3N3O2/c10-9(11,12)7-6(5-13-14-8(7)16)15-1-3-17-4-2-15/h5H,1-4H2,(H,14,16). The summed E-state index contributed by atoms with van der Waals surface area (Å²) in [4.78, 5) is 12.7. The van der Waals surface area contributed by atoms with E-state index in [9.17, 15) is 18.0 Å². The number of aromatic amines is 1. The van der Waals surface area contributed by atoms with E-state index in [-0.39, 0.29) is 5.69 Å². The lowest BCUT2D eigenvalue weighted by atomic mass is 10.2. The summed E-state index contributed by atoms with van der Waals surface area (Å²) in [6, 6.07) is 0. The van der Waals surface area contributed by atoms with Crippen LogP contribution in [0.15, 0.2) is 11.0 Å². The smallest absolute Gasteiger partial charge is 0.378 e. The molecule has 0 atom stereocenters. The lowest BCUT2D eigenvalue weighted by molar-refractivity contribution is -0.138. The van der Waals surface area contributed by atoms with E-state index in [1.807, 2.05) is 0 Å². The first-order chi connectivity index (χ1) is 8.00. The minimum atomic E-state index is -4.69. The van der Waals surface area contributed by atoms with E-state index in [0.29, 0.717) is 26.3 Å².